The molecule has 0 aliphatic rings. The molecule has 0 fully saturated rings. The van der Waals surface area contributed by atoms with Crippen molar-refractivity contribution in [3.8, 4) is 6.07 Å². The first-order valence-electron chi connectivity index (χ1n) is 5.11. The molecule has 0 unspecified atom stereocenters. The van der Waals surface area contributed by atoms with Crippen molar-refractivity contribution in [3.05, 3.63) is 33.4 Å². The molecule has 0 bridgehead atoms. The van der Waals surface area contributed by atoms with Gasteiger partial charge >= 0.3 is 0 Å². The number of benzene rings is 1. The van der Waals surface area contributed by atoms with Gasteiger partial charge in [0.25, 0.3) is 5.91 Å². The zero-order chi connectivity index (χ0) is 12.0. The quantitative estimate of drug-likeness (QED) is 0.798. The third kappa shape index (κ3) is 3.20. The van der Waals surface area contributed by atoms with Gasteiger partial charge in [0.1, 0.15) is 0 Å². The number of carbonyl (C=O) groups is 1. The number of amides is 1. The molecule has 4 heteroatoms. The second kappa shape index (κ2) is 6.48. The normalized spacial score (nSPS) is 9.56. The van der Waals surface area contributed by atoms with E-state index >= 15 is 0 Å². The number of nitrogens with zero attached hydrogens (tertiary/aromatic N) is 2. The third-order valence-electron chi connectivity index (χ3n) is 2.27. The minimum atomic E-state index is 0.00255. The Hall–Kier alpha value is -1.09. The van der Waals surface area contributed by atoms with Crippen LogP contribution in [-0.2, 0) is 0 Å². The SMILES string of the molecule is CCN(CCC#N)C(=O)c1ccccc1I. The van der Waals surface area contributed by atoms with E-state index in [1.807, 2.05) is 31.2 Å². The van der Waals surface area contributed by atoms with Crippen LogP contribution in [0.5, 0.6) is 0 Å². The first kappa shape index (κ1) is 13.0. The fourth-order valence-corrected chi connectivity index (χ4v) is 2.01. The molecule has 0 heterocycles. The van der Waals surface area contributed by atoms with Crippen molar-refractivity contribution < 1.29 is 4.79 Å². The van der Waals surface area contributed by atoms with Gasteiger partial charge in [0.2, 0.25) is 0 Å². The summed E-state index contributed by atoms with van der Waals surface area (Å²) in [5.41, 5.74) is 0.711. The van der Waals surface area contributed by atoms with Gasteiger partial charge in [0.15, 0.2) is 0 Å². The molecule has 1 rings (SSSR count). The highest BCUT2D eigenvalue weighted by Gasteiger charge is 2.15. The average molecular weight is 328 g/mol. The van der Waals surface area contributed by atoms with E-state index in [4.69, 9.17) is 5.26 Å². The maximum Gasteiger partial charge on any atom is 0.254 e. The summed E-state index contributed by atoms with van der Waals surface area (Å²) in [5, 5.41) is 8.53. The third-order valence-corrected chi connectivity index (χ3v) is 3.21. The second-order valence-corrected chi connectivity index (χ2v) is 4.43. The Bertz CT molecular complexity index is 412. The molecule has 0 N–H and O–H groups in total. The lowest BCUT2D eigenvalue weighted by molar-refractivity contribution is 0.0767. The summed E-state index contributed by atoms with van der Waals surface area (Å²) in [7, 11) is 0. The van der Waals surface area contributed by atoms with Crippen molar-refractivity contribution in [1.29, 1.82) is 5.26 Å². The van der Waals surface area contributed by atoms with Crippen LogP contribution in [0.3, 0.4) is 0 Å². The van der Waals surface area contributed by atoms with Crippen LogP contribution in [0.25, 0.3) is 0 Å². The van der Waals surface area contributed by atoms with Gasteiger partial charge in [-0.1, -0.05) is 12.1 Å². The predicted molar refractivity (Wildman–Crippen MR) is 71.0 cm³/mol. The highest BCUT2D eigenvalue weighted by Crippen LogP contribution is 2.14. The van der Waals surface area contributed by atoms with Gasteiger partial charge < -0.3 is 4.90 Å². The largest absolute Gasteiger partial charge is 0.338 e. The van der Waals surface area contributed by atoms with Gasteiger partial charge in [-0.15, -0.1) is 0 Å². The summed E-state index contributed by atoms with van der Waals surface area (Å²) in [6.45, 7) is 3.05. The summed E-state index contributed by atoms with van der Waals surface area (Å²) >= 11 is 2.15. The summed E-state index contributed by atoms with van der Waals surface area (Å²) in [6.07, 6.45) is 0.378. The maximum absolute atomic E-state index is 12.1. The van der Waals surface area contributed by atoms with Crippen molar-refractivity contribution in [2.24, 2.45) is 0 Å². The number of hydrogen-bond acceptors (Lipinski definition) is 2. The number of hydrogen-bond donors (Lipinski definition) is 0. The van der Waals surface area contributed by atoms with Crippen LogP contribution in [0, 0.1) is 14.9 Å². The van der Waals surface area contributed by atoms with Gasteiger partial charge in [0.05, 0.1) is 18.1 Å². The van der Waals surface area contributed by atoms with Crippen LogP contribution < -0.4 is 0 Å². The lowest BCUT2D eigenvalue weighted by Gasteiger charge is -2.20. The predicted octanol–water partition coefficient (Wildman–Crippen LogP) is 2.67. The van der Waals surface area contributed by atoms with Crippen LogP contribution in [0.15, 0.2) is 24.3 Å². The Morgan fingerprint density at radius 2 is 2.19 bits per heavy atom. The topological polar surface area (TPSA) is 44.1 Å². The van der Waals surface area contributed by atoms with Crippen molar-refractivity contribution in [3.63, 3.8) is 0 Å². The van der Waals surface area contributed by atoms with Crippen LogP contribution >= 0.6 is 22.6 Å². The molecule has 0 atom stereocenters. The number of nitriles is 1. The summed E-state index contributed by atoms with van der Waals surface area (Å²) in [6, 6.07) is 9.55. The highest BCUT2D eigenvalue weighted by molar-refractivity contribution is 14.1. The smallest absolute Gasteiger partial charge is 0.254 e. The standard InChI is InChI=1S/C12H13IN2O/c1-2-15(9-5-8-14)12(16)10-6-3-4-7-11(10)13/h3-4,6-7H,2,5,9H2,1H3. The second-order valence-electron chi connectivity index (χ2n) is 3.27. The van der Waals surface area contributed by atoms with E-state index in [0.29, 0.717) is 25.1 Å². The van der Waals surface area contributed by atoms with Crippen LogP contribution in [0.1, 0.15) is 23.7 Å². The molecule has 1 aromatic rings. The summed E-state index contributed by atoms with van der Waals surface area (Å²) in [4.78, 5) is 13.8. The van der Waals surface area contributed by atoms with Crippen LogP contribution in [0.4, 0.5) is 0 Å². The molecule has 0 saturated carbocycles. The Morgan fingerprint density at radius 3 is 2.75 bits per heavy atom. The number of halogens is 1. The van der Waals surface area contributed by atoms with E-state index in [-0.39, 0.29) is 5.91 Å². The minimum Gasteiger partial charge on any atom is -0.338 e. The lowest BCUT2D eigenvalue weighted by Crippen LogP contribution is -2.32. The summed E-state index contributed by atoms with van der Waals surface area (Å²) < 4.78 is 0.945. The Morgan fingerprint density at radius 1 is 1.50 bits per heavy atom. The first-order chi connectivity index (χ1) is 7.70. The van der Waals surface area contributed by atoms with Crippen molar-refractivity contribution >= 4 is 28.5 Å². The molecule has 0 spiro atoms. The van der Waals surface area contributed by atoms with E-state index in [1.165, 1.54) is 0 Å². The molecule has 0 aliphatic carbocycles. The Labute approximate surface area is 109 Å². The number of rotatable bonds is 4. The Kier molecular flexibility index (Phi) is 5.26. The molecule has 0 saturated heterocycles. The molecule has 84 valence electrons. The highest BCUT2D eigenvalue weighted by atomic mass is 127. The maximum atomic E-state index is 12.1. The van der Waals surface area contributed by atoms with Gasteiger partial charge in [-0.2, -0.15) is 5.26 Å². The van der Waals surface area contributed by atoms with E-state index < -0.39 is 0 Å². The summed E-state index contributed by atoms with van der Waals surface area (Å²) in [5.74, 6) is 0.00255. The average Bonchev–Trinajstić information content (AvgIpc) is 2.30. The molecule has 16 heavy (non-hydrogen) atoms. The zero-order valence-electron chi connectivity index (χ0n) is 9.11. The first-order valence-corrected chi connectivity index (χ1v) is 6.19. The molecular formula is C12H13IN2O. The van der Waals surface area contributed by atoms with Crippen molar-refractivity contribution in [2.45, 2.75) is 13.3 Å². The van der Waals surface area contributed by atoms with Gasteiger partial charge in [-0.25, -0.2) is 0 Å². The molecule has 0 radical (unpaired) electrons. The fraction of sp³-hybridized carbons (Fsp3) is 0.333. The molecule has 3 nitrogen and oxygen atoms in total. The monoisotopic (exact) mass is 328 g/mol. The molecule has 0 aromatic heterocycles. The molecule has 0 aliphatic heterocycles. The van der Waals surface area contributed by atoms with Gasteiger partial charge in [-0.3, -0.25) is 4.79 Å². The van der Waals surface area contributed by atoms with Gasteiger partial charge in [-0.05, 0) is 41.6 Å². The Balaban J connectivity index is 2.84. The van der Waals surface area contributed by atoms with Crippen LogP contribution in [-0.4, -0.2) is 23.9 Å². The van der Waals surface area contributed by atoms with Crippen molar-refractivity contribution in [1.82, 2.24) is 4.90 Å². The van der Waals surface area contributed by atoms with E-state index in [0.717, 1.165) is 3.57 Å². The van der Waals surface area contributed by atoms with Gasteiger partial charge in [0, 0.05) is 16.7 Å². The minimum absolute atomic E-state index is 0.00255. The van der Waals surface area contributed by atoms with Crippen LogP contribution in [0.2, 0.25) is 0 Å². The van der Waals surface area contributed by atoms with E-state index in [2.05, 4.69) is 28.7 Å². The van der Waals surface area contributed by atoms with E-state index in [9.17, 15) is 4.79 Å². The van der Waals surface area contributed by atoms with E-state index in [1.54, 1.807) is 4.90 Å². The molecular weight excluding hydrogens is 315 g/mol. The molecule has 1 aromatic carbocycles. The molecule has 1 amide bonds. The lowest BCUT2D eigenvalue weighted by atomic mass is 10.2. The zero-order valence-corrected chi connectivity index (χ0v) is 11.3. The fourth-order valence-electron chi connectivity index (χ4n) is 1.39. The van der Waals surface area contributed by atoms with Crippen molar-refractivity contribution in [2.75, 3.05) is 13.1 Å². The number of carbonyl (C=O) groups excluding carboxylic acids is 1.